The fourth-order valence-electron chi connectivity index (χ4n) is 2.56. The average Bonchev–Trinajstić information content (AvgIpc) is 3.25. The van der Waals surface area contributed by atoms with Crippen LogP contribution in [0.3, 0.4) is 0 Å². The number of primary amides is 1. The number of nitrogens with two attached hydrogens (primary N) is 1. The van der Waals surface area contributed by atoms with E-state index in [9.17, 15) is 19.7 Å². The van der Waals surface area contributed by atoms with E-state index in [2.05, 4.69) is 20.5 Å². The average molecular weight is 442 g/mol. The largest absolute Gasteiger partial charge is 0.497 e. The molecule has 0 atom stereocenters. The second kappa shape index (κ2) is 9.71. The summed E-state index contributed by atoms with van der Waals surface area (Å²) in [5, 5.41) is 20.8. The molecule has 0 radical (unpaired) electrons. The molecule has 0 fully saturated rings. The number of benzene rings is 2. The van der Waals surface area contributed by atoms with Gasteiger partial charge in [0, 0.05) is 17.2 Å². The Kier molecular flexibility index (Phi) is 6.82. The number of hydrogen-bond donors (Lipinski definition) is 3. The number of nitro groups is 1. The molecule has 2 amide bonds. The van der Waals surface area contributed by atoms with E-state index >= 15 is 0 Å². The lowest BCUT2D eigenvalue weighted by atomic mass is 10.2. The van der Waals surface area contributed by atoms with Crippen molar-refractivity contribution in [1.82, 2.24) is 20.5 Å². The SMILES string of the molecule is COc1ccc(-c2n[nH]c(CNC(=O)CSc3ccc(C(N)=O)cc3[N+](=O)[O-])n2)cc1. The number of carbonyl (C=O) groups is 2. The highest BCUT2D eigenvalue weighted by Gasteiger charge is 2.18. The lowest BCUT2D eigenvalue weighted by Gasteiger charge is -2.05. The van der Waals surface area contributed by atoms with Gasteiger partial charge in [-0.1, -0.05) is 0 Å². The second-order valence-corrected chi connectivity index (χ2v) is 7.22. The minimum atomic E-state index is -0.765. The molecule has 3 rings (SSSR count). The summed E-state index contributed by atoms with van der Waals surface area (Å²) in [7, 11) is 1.58. The first kappa shape index (κ1) is 21.8. The molecule has 12 heteroatoms. The molecule has 11 nitrogen and oxygen atoms in total. The molecule has 160 valence electrons. The van der Waals surface area contributed by atoms with Crippen molar-refractivity contribution in [1.29, 1.82) is 0 Å². The molecule has 0 aliphatic heterocycles. The normalized spacial score (nSPS) is 10.5. The van der Waals surface area contributed by atoms with Crippen LogP contribution in [-0.4, -0.2) is 44.8 Å². The molecule has 3 aromatic rings. The smallest absolute Gasteiger partial charge is 0.283 e. The van der Waals surface area contributed by atoms with Gasteiger partial charge in [-0.25, -0.2) is 4.98 Å². The molecule has 0 bridgehead atoms. The van der Waals surface area contributed by atoms with E-state index in [1.54, 1.807) is 19.2 Å². The molecular weight excluding hydrogens is 424 g/mol. The Morgan fingerprint density at radius 2 is 2.00 bits per heavy atom. The summed E-state index contributed by atoms with van der Waals surface area (Å²) in [5.41, 5.74) is 5.68. The minimum Gasteiger partial charge on any atom is -0.497 e. The van der Waals surface area contributed by atoms with E-state index < -0.39 is 10.8 Å². The van der Waals surface area contributed by atoms with Crippen molar-refractivity contribution in [2.24, 2.45) is 5.73 Å². The number of H-pyrrole nitrogens is 1. The van der Waals surface area contributed by atoms with E-state index in [1.807, 2.05) is 12.1 Å². The molecule has 0 unspecified atom stereocenters. The van der Waals surface area contributed by atoms with Crippen molar-refractivity contribution in [3.05, 3.63) is 64.0 Å². The zero-order valence-corrected chi connectivity index (χ0v) is 17.1. The lowest BCUT2D eigenvalue weighted by Crippen LogP contribution is -2.25. The Labute approximate surface area is 180 Å². The third-order valence-electron chi connectivity index (χ3n) is 4.13. The van der Waals surface area contributed by atoms with Crippen LogP contribution >= 0.6 is 11.8 Å². The summed E-state index contributed by atoms with van der Waals surface area (Å²) in [6.45, 7) is 0.116. The Bertz CT molecular complexity index is 1120. The predicted molar refractivity (Wildman–Crippen MR) is 113 cm³/mol. The first-order chi connectivity index (χ1) is 14.9. The molecule has 1 aromatic heterocycles. The molecule has 0 aliphatic carbocycles. The van der Waals surface area contributed by atoms with Gasteiger partial charge in [-0.3, -0.25) is 24.8 Å². The van der Waals surface area contributed by atoms with Gasteiger partial charge in [-0.05, 0) is 36.4 Å². The Morgan fingerprint density at radius 1 is 1.26 bits per heavy atom. The molecule has 0 saturated carbocycles. The maximum Gasteiger partial charge on any atom is 0.283 e. The lowest BCUT2D eigenvalue weighted by molar-refractivity contribution is -0.387. The molecule has 0 aliphatic rings. The summed E-state index contributed by atoms with van der Waals surface area (Å²) >= 11 is 0.981. The zero-order chi connectivity index (χ0) is 22.4. The number of hydrogen-bond acceptors (Lipinski definition) is 8. The van der Waals surface area contributed by atoms with Crippen molar-refractivity contribution in [3.8, 4) is 17.1 Å². The fourth-order valence-corrected chi connectivity index (χ4v) is 3.39. The van der Waals surface area contributed by atoms with E-state index in [0.717, 1.165) is 23.4 Å². The maximum absolute atomic E-state index is 12.1. The topological polar surface area (TPSA) is 166 Å². The molecule has 4 N–H and O–H groups in total. The Hall–Kier alpha value is -3.93. The van der Waals surface area contributed by atoms with Gasteiger partial charge in [0.15, 0.2) is 5.82 Å². The zero-order valence-electron chi connectivity index (χ0n) is 16.3. The van der Waals surface area contributed by atoms with Crippen LogP contribution in [-0.2, 0) is 11.3 Å². The van der Waals surface area contributed by atoms with Gasteiger partial charge in [0.05, 0.1) is 29.2 Å². The summed E-state index contributed by atoms with van der Waals surface area (Å²) in [4.78, 5) is 38.5. The van der Waals surface area contributed by atoms with Gasteiger partial charge in [-0.15, -0.1) is 11.8 Å². The standard InChI is InChI=1S/C19H18N6O5S/c1-30-13-5-2-11(3-6-13)19-22-16(23-24-19)9-21-17(26)10-31-15-7-4-12(18(20)27)8-14(15)25(28)29/h2-8H,9-10H2,1H3,(H2,20,27)(H,21,26)(H,22,23,24). The predicted octanol–water partition coefficient (Wildman–Crippen LogP) is 1.90. The number of thioether (sulfide) groups is 1. The van der Waals surface area contributed by atoms with Gasteiger partial charge in [0.1, 0.15) is 11.6 Å². The van der Waals surface area contributed by atoms with Gasteiger partial charge < -0.3 is 15.8 Å². The number of nitro benzene ring substituents is 1. The highest BCUT2D eigenvalue weighted by Crippen LogP contribution is 2.30. The van der Waals surface area contributed by atoms with Crippen LogP contribution in [0.25, 0.3) is 11.4 Å². The van der Waals surface area contributed by atoms with Crippen molar-refractivity contribution in [2.75, 3.05) is 12.9 Å². The van der Waals surface area contributed by atoms with Gasteiger partial charge >= 0.3 is 0 Å². The van der Waals surface area contributed by atoms with E-state index in [-0.39, 0.29) is 34.4 Å². The number of aromatic nitrogens is 3. The van der Waals surface area contributed by atoms with Crippen LogP contribution in [0, 0.1) is 10.1 Å². The molecule has 0 spiro atoms. The number of carbonyl (C=O) groups excluding carboxylic acids is 2. The Balaban J connectivity index is 1.56. The number of amides is 2. The number of methoxy groups -OCH3 is 1. The highest BCUT2D eigenvalue weighted by molar-refractivity contribution is 8.00. The molecule has 2 aromatic carbocycles. The summed E-state index contributed by atoms with van der Waals surface area (Å²) in [6.07, 6.45) is 0. The molecule has 1 heterocycles. The van der Waals surface area contributed by atoms with Crippen LogP contribution in [0.15, 0.2) is 47.4 Å². The number of nitrogens with one attached hydrogen (secondary N) is 2. The highest BCUT2D eigenvalue weighted by atomic mass is 32.2. The van der Waals surface area contributed by atoms with Gasteiger partial charge in [0.25, 0.3) is 5.69 Å². The first-order valence-corrected chi connectivity index (χ1v) is 9.89. The Morgan fingerprint density at radius 3 is 2.65 bits per heavy atom. The number of rotatable bonds is 9. The van der Waals surface area contributed by atoms with E-state index in [0.29, 0.717) is 17.4 Å². The summed E-state index contributed by atoms with van der Waals surface area (Å²) in [5.74, 6) is 0.483. The summed E-state index contributed by atoms with van der Waals surface area (Å²) < 4.78 is 5.11. The van der Waals surface area contributed by atoms with Crippen LogP contribution in [0.2, 0.25) is 0 Å². The van der Waals surface area contributed by atoms with Crippen LogP contribution < -0.4 is 15.8 Å². The van der Waals surface area contributed by atoms with Gasteiger partial charge in [-0.2, -0.15) is 5.10 Å². The third-order valence-corrected chi connectivity index (χ3v) is 5.19. The van der Waals surface area contributed by atoms with Crippen molar-refractivity contribution in [3.63, 3.8) is 0 Å². The number of nitrogens with zero attached hydrogens (tertiary/aromatic N) is 3. The van der Waals surface area contributed by atoms with E-state index in [4.69, 9.17) is 10.5 Å². The van der Waals surface area contributed by atoms with Crippen LogP contribution in [0.5, 0.6) is 5.75 Å². The number of aromatic amines is 1. The fraction of sp³-hybridized carbons (Fsp3) is 0.158. The maximum atomic E-state index is 12.1. The minimum absolute atomic E-state index is 0.0264. The van der Waals surface area contributed by atoms with Crippen LogP contribution in [0.4, 0.5) is 5.69 Å². The molecule has 0 saturated heterocycles. The van der Waals surface area contributed by atoms with E-state index in [1.165, 1.54) is 12.1 Å². The van der Waals surface area contributed by atoms with Gasteiger partial charge in [0.2, 0.25) is 11.8 Å². The quantitative estimate of drug-likeness (QED) is 0.257. The molecule has 31 heavy (non-hydrogen) atoms. The molecular formula is C19H18N6O5S. The summed E-state index contributed by atoms with van der Waals surface area (Å²) in [6, 6.07) is 11.1. The van der Waals surface area contributed by atoms with Crippen LogP contribution in [0.1, 0.15) is 16.2 Å². The second-order valence-electron chi connectivity index (χ2n) is 6.20. The third kappa shape index (κ3) is 5.57. The number of ether oxygens (including phenoxy) is 1. The first-order valence-electron chi connectivity index (χ1n) is 8.91. The van der Waals surface area contributed by atoms with Crippen molar-refractivity contribution in [2.45, 2.75) is 11.4 Å². The monoisotopic (exact) mass is 442 g/mol. The van der Waals surface area contributed by atoms with Crippen molar-refractivity contribution >= 4 is 29.3 Å². The van der Waals surface area contributed by atoms with Crippen molar-refractivity contribution < 1.29 is 19.2 Å².